The van der Waals surface area contributed by atoms with Gasteiger partial charge in [-0.05, 0) is 62.1 Å². The SMILES string of the molecule is CCCNC(=O)[C@H](C)N(Cc1cccc(OC)c1)C(=O)CCCN(c1cccc(Cl)c1C)S(C)(=O)=O. The van der Waals surface area contributed by atoms with Crippen LogP contribution in [0.4, 0.5) is 5.69 Å². The van der Waals surface area contributed by atoms with Gasteiger partial charge in [-0.15, -0.1) is 0 Å². The summed E-state index contributed by atoms with van der Waals surface area (Å²) < 4.78 is 31.6. The standard InChI is InChI=1S/C26H36ClN3O5S/c1-6-15-28-26(32)20(3)29(18-21-10-7-11-22(17-21)35-4)25(31)14-9-16-30(36(5,33)34)24-13-8-12-23(27)19(24)2/h7-8,10-13,17,20H,6,9,14-16,18H2,1-5H3,(H,28,32)/t20-/m0/s1. The molecule has 0 aliphatic rings. The van der Waals surface area contributed by atoms with Crippen LogP contribution in [0.2, 0.25) is 5.02 Å². The Labute approximate surface area is 219 Å². The number of sulfonamides is 1. The molecule has 0 radical (unpaired) electrons. The molecule has 0 saturated heterocycles. The quantitative estimate of drug-likeness (QED) is 0.414. The molecule has 0 saturated carbocycles. The monoisotopic (exact) mass is 537 g/mol. The molecular formula is C26H36ClN3O5S. The number of nitrogens with zero attached hydrogens (tertiary/aromatic N) is 2. The summed E-state index contributed by atoms with van der Waals surface area (Å²) in [5.74, 6) is 0.178. The summed E-state index contributed by atoms with van der Waals surface area (Å²) in [6.07, 6.45) is 2.26. The molecule has 0 fully saturated rings. The van der Waals surface area contributed by atoms with Gasteiger partial charge in [0.15, 0.2) is 0 Å². The summed E-state index contributed by atoms with van der Waals surface area (Å²) in [4.78, 5) is 27.6. The van der Waals surface area contributed by atoms with E-state index in [-0.39, 0.29) is 37.7 Å². The van der Waals surface area contributed by atoms with Gasteiger partial charge in [-0.2, -0.15) is 0 Å². The van der Waals surface area contributed by atoms with Crippen molar-refractivity contribution in [1.29, 1.82) is 0 Å². The van der Waals surface area contributed by atoms with Crippen LogP contribution in [-0.2, 0) is 26.2 Å². The number of amides is 2. The lowest BCUT2D eigenvalue weighted by Gasteiger charge is -2.29. The molecule has 1 atom stereocenters. The van der Waals surface area contributed by atoms with Crippen LogP contribution in [0.3, 0.4) is 0 Å². The van der Waals surface area contributed by atoms with Crippen molar-refractivity contribution in [2.75, 3.05) is 30.8 Å². The number of benzene rings is 2. The van der Waals surface area contributed by atoms with Crippen LogP contribution in [-0.4, -0.2) is 57.6 Å². The van der Waals surface area contributed by atoms with E-state index in [1.165, 1.54) is 9.21 Å². The summed E-state index contributed by atoms with van der Waals surface area (Å²) in [6.45, 7) is 6.26. The smallest absolute Gasteiger partial charge is 0.242 e. The van der Waals surface area contributed by atoms with Gasteiger partial charge in [-0.1, -0.05) is 36.7 Å². The molecule has 0 spiro atoms. The van der Waals surface area contributed by atoms with Crippen molar-refractivity contribution in [2.45, 2.75) is 52.6 Å². The number of anilines is 1. The second-order valence-corrected chi connectivity index (χ2v) is 11.0. The number of carbonyl (C=O) groups is 2. The highest BCUT2D eigenvalue weighted by Crippen LogP contribution is 2.28. The average Bonchev–Trinajstić information content (AvgIpc) is 2.84. The van der Waals surface area contributed by atoms with Gasteiger partial charge in [0.25, 0.3) is 0 Å². The number of carbonyl (C=O) groups excluding carboxylic acids is 2. The minimum atomic E-state index is -3.60. The molecule has 0 aliphatic heterocycles. The molecule has 2 aromatic carbocycles. The van der Waals surface area contributed by atoms with E-state index in [4.69, 9.17) is 16.3 Å². The van der Waals surface area contributed by atoms with Crippen molar-refractivity contribution in [1.82, 2.24) is 10.2 Å². The van der Waals surface area contributed by atoms with Gasteiger partial charge in [-0.25, -0.2) is 8.42 Å². The Hall–Kier alpha value is -2.78. The van der Waals surface area contributed by atoms with Gasteiger partial charge in [0.1, 0.15) is 11.8 Å². The molecule has 36 heavy (non-hydrogen) atoms. The molecule has 8 nitrogen and oxygen atoms in total. The van der Waals surface area contributed by atoms with Gasteiger partial charge in [0.05, 0.1) is 19.1 Å². The van der Waals surface area contributed by atoms with E-state index in [1.54, 1.807) is 39.2 Å². The maximum Gasteiger partial charge on any atom is 0.242 e. The maximum atomic E-state index is 13.3. The Morgan fingerprint density at radius 1 is 1.17 bits per heavy atom. The largest absolute Gasteiger partial charge is 0.497 e. The van der Waals surface area contributed by atoms with Crippen LogP contribution >= 0.6 is 11.6 Å². The van der Waals surface area contributed by atoms with E-state index < -0.39 is 16.1 Å². The first-order valence-corrected chi connectivity index (χ1v) is 14.1. The molecule has 0 aliphatic carbocycles. The zero-order valence-corrected chi connectivity index (χ0v) is 23.2. The van der Waals surface area contributed by atoms with Crippen LogP contribution in [0, 0.1) is 6.92 Å². The summed E-state index contributed by atoms with van der Waals surface area (Å²) in [5, 5.41) is 3.31. The average molecular weight is 538 g/mol. The minimum absolute atomic E-state index is 0.0704. The highest BCUT2D eigenvalue weighted by molar-refractivity contribution is 7.92. The number of rotatable bonds is 13. The first kappa shape index (κ1) is 29.5. The van der Waals surface area contributed by atoms with Crippen molar-refractivity contribution in [2.24, 2.45) is 0 Å². The van der Waals surface area contributed by atoms with Crippen molar-refractivity contribution in [3.8, 4) is 5.75 Å². The molecule has 0 aromatic heterocycles. The van der Waals surface area contributed by atoms with E-state index in [0.29, 0.717) is 28.6 Å². The van der Waals surface area contributed by atoms with E-state index in [9.17, 15) is 18.0 Å². The third kappa shape index (κ3) is 8.13. The van der Waals surface area contributed by atoms with Crippen LogP contribution in [0.5, 0.6) is 5.75 Å². The molecule has 2 aromatic rings. The highest BCUT2D eigenvalue weighted by Gasteiger charge is 2.27. The Morgan fingerprint density at radius 3 is 2.50 bits per heavy atom. The molecule has 2 rings (SSSR count). The van der Waals surface area contributed by atoms with E-state index in [1.807, 2.05) is 31.2 Å². The zero-order valence-electron chi connectivity index (χ0n) is 21.6. The maximum absolute atomic E-state index is 13.3. The number of ether oxygens (including phenoxy) is 1. The minimum Gasteiger partial charge on any atom is -0.497 e. The van der Waals surface area contributed by atoms with Gasteiger partial charge in [-0.3, -0.25) is 13.9 Å². The number of hydrogen-bond acceptors (Lipinski definition) is 5. The lowest BCUT2D eigenvalue weighted by molar-refractivity contribution is -0.140. The fourth-order valence-electron chi connectivity index (χ4n) is 3.79. The Morgan fingerprint density at radius 2 is 1.86 bits per heavy atom. The zero-order chi connectivity index (χ0) is 26.9. The lowest BCUT2D eigenvalue weighted by Crippen LogP contribution is -2.47. The molecule has 198 valence electrons. The first-order chi connectivity index (χ1) is 17.0. The molecule has 10 heteroatoms. The highest BCUT2D eigenvalue weighted by atomic mass is 35.5. The van der Waals surface area contributed by atoms with Crippen LogP contribution in [0.25, 0.3) is 0 Å². The fraction of sp³-hybridized carbons (Fsp3) is 0.462. The predicted molar refractivity (Wildman–Crippen MR) is 144 cm³/mol. The Balaban J connectivity index is 2.21. The van der Waals surface area contributed by atoms with E-state index >= 15 is 0 Å². The summed E-state index contributed by atoms with van der Waals surface area (Å²) in [7, 11) is -2.03. The van der Waals surface area contributed by atoms with E-state index in [2.05, 4.69) is 5.32 Å². The van der Waals surface area contributed by atoms with Crippen molar-refractivity contribution in [3.63, 3.8) is 0 Å². The summed E-state index contributed by atoms with van der Waals surface area (Å²) in [5.41, 5.74) is 1.96. The molecular weight excluding hydrogens is 502 g/mol. The third-order valence-electron chi connectivity index (χ3n) is 5.86. The van der Waals surface area contributed by atoms with E-state index in [0.717, 1.165) is 18.2 Å². The second kappa shape index (κ2) is 13.5. The lowest BCUT2D eigenvalue weighted by atomic mass is 10.1. The Bertz CT molecular complexity index is 1160. The van der Waals surface area contributed by atoms with Gasteiger partial charge < -0.3 is 15.0 Å². The van der Waals surface area contributed by atoms with Crippen LogP contribution in [0.15, 0.2) is 42.5 Å². The number of hydrogen-bond donors (Lipinski definition) is 1. The van der Waals surface area contributed by atoms with Gasteiger partial charge in [0, 0.05) is 31.1 Å². The third-order valence-corrected chi connectivity index (χ3v) is 7.45. The van der Waals surface area contributed by atoms with Gasteiger partial charge in [0.2, 0.25) is 21.8 Å². The van der Waals surface area contributed by atoms with Crippen molar-refractivity contribution < 1.29 is 22.7 Å². The molecule has 0 heterocycles. The number of halogens is 1. The Kier molecular flexibility index (Phi) is 11.0. The summed E-state index contributed by atoms with van der Waals surface area (Å²) >= 11 is 6.20. The van der Waals surface area contributed by atoms with Crippen molar-refractivity contribution >= 4 is 39.1 Å². The van der Waals surface area contributed by atoms with Gasteiger partial charge >= 0.3 is 0 Å². The number of methoxy groups -OCH3 is 1. The molecule has 1 N–H and O–H groups in total. The molecule has 0 unspecified atom stereocenters. The van der Waals surface area contributed by atoms with Crippen LogP contribution < -0.4 is 14.4 Å². The molecule has 0 bridgehead atoms. The topological polar surface area (TPSA) is 96.0 Å². The fourth-order valence-corrected chi connectivity index (χ4v) is 4.98. The predicted octanol–water partition coefficient (Wildman–Crippen LogP) is 4.15. The summed E-state index contributed by atoms with van der Waals surface area (Å²) in [6, 6.07) is 11.7. The second-order valence-electron chi connectivity index (χ2n) is 8.66. The number of nitrogens with one attached hydrogen (secondary N) is 1. The normalized spacial score (nSPS) is 12.1. The molecule has 2 amide bonds. The van der Waals surface area contributed by atoms with Crippen molar-refractivity contribution in [3.05, 3.63) is 58.6 Å². The first-order valence-electron chi connectivity index (χ1n) is 11.9. The van der Waals surface area contributed by atoms with Crippen LogP contribution in [0.1, 0.15) is 44.2 Å².